The van der Waals surface area contributed by atoms with Crippen molar-refractivity contribution in [2.75, 3.05) is 6.54 Å². The van der Waals surface area contributed by atoms with Crippen LogP contribution in [0.2, 0.25) is 0 Å². The summed E-state index contributed by atoms with van der Waals surface area (Å²) in [6.45, 7) is -0.325. The second-order valence-corrected chi connectivity index (χ2v) is 4.38. The van der Waals surface area contributed by atoms with Crippen LogP contribution in [-0.4, -0.2) is 35.9 Å². The van der Waals surface area contributed by atoms with E-state index in [4.69, 9.17) is 10.3 Å². The van der Waals surface area contributed by atoms with E-state index in [0.29, 0.717) is 0 Å². The summed E-state index contributed by atoms with van der Waals surface area (Å²) in [4.78, 5) is 24.9. The molecule has 2 N–H and O–H groups in total. The SMILES string of the molecule is [N-]=[N+]=NC[C@@H](O)C[C@H](NC(=O)OCc1ccccc1)C(=O)[O-]. The van der Waals surface area contributed by atoms with Gasteiger partial charge in [0.2, 0.25) is 0 Å². The lowest BCUT2D eigenvalue weighted by atomic mass is 10.1. The third kappa shape index (κ3) is 6.60. The topological polar surface area (TPSA) is 147 Å². The first-order chi connectivity index (χ1) is 10.5. The number of azide groups is 1. The van der Waals surface area contributed by atoms with Crippen molar-refractivity contribution in [3.05, 3.63) is 46.3 Å². The fourth-order valence-corrected chi connectivity index (χ4v) is 1.60. The Morgan fingerprint density at radius 2 is 2.09 bits per heavy atom. The van der Waals surface area contributed by atoms with Crippen molar-refractivity contribution in [3.63, 3.8) is 0 Å². The van der Waals surface area contributed by atoms with E-state index < -0.39 is 24.2 Å². The zero-order valence-electron chi connectivity index (χ0n) is 11.6. The van der Waals surface area contributed by atoms with Gasteiger partial charge in [0.25, 0.3) is 0 Å². The van der Waals surface area contributed by atoms with Gasteiger partial charge in [0, 0.05) is 4.91 Å². The third-order valence-electron chi connectivity index (χ3n) is 2.65. The monoisotopic (exact) mass is 307 g/mol. The maximum absolute atomic E-state index is 11.5. The van der Waals surface area contributed by atoms with E-state index in [1.54, 1.807) is 30.3 Å². The van der Waals surface area contributed by atoms with E-state index in [1.165, 1.54) is 0 Å². The number of rotatable bonds is 8. The van der Waals surface area contributed by atoms with Crippen LogP contribution in [0.5, 0.6) is 0 Å². The first kappa shape index (κ1) is 17.3. The van der Waals surface area contributed by atoms with Crippen LogP contribution in [-0.2, 0) is 16.1 Å². The van der Waals surface area contributed by atoms with E-state index in [1.807, 2.05) is 0 Å². The van der Waals surface area contributed by atoms with E-state index in [0.717, 1.165) is 5.56 Å². The lowest BCUT2D eigenvalue weighted by Gasteiger charge is -2.21. The molecule has 9 heteroatoms. The number of aliphatic hydroxyl groups is 1. The van der Waals surface area contributed by atoms with Gasteiger partial charge in [0.1, 0.15) is 6.61 Å². The molecule has 0 saturated heterocycles. The molecule has 0 unspecified atom stereocenters. The molecule has 0 spiro atoms. The van der Waals surface area contributed by atoms with Crippen LogP contribution in [0, 0.1) is 0 Å². The number of amides is 1. The molecule has 0 aliphatic heterocycles. The Kier molecular flexibility index (Phi) is 7.24. The van der Waals surface area contributed by atoms with Crippen molar-refractivity contribution in [1.29, 1.82) is 0 Å². The number of hydrogen-bond donors (Lipinski definition) is 2. The molecule has 0 aromatic heterocycles. The second kappa shape index (κ2) is 9.22. The number of alkyl carbamates (subject to hydrolysis) is 1. The Morgan fingerprint density at radius 1 is 1.41 bits per heavy atom. The summed E-state index contributed by atoms with van der Waals surface area (Å²) in [6.07, 6.45) is -2.52. The van der Waals surface area contributed by atoms with Gasteiger partial charge < -0.3 is 25.1 Å². The molecule has 1 amide bonds. The van der Waals surface area contributed by atoms with Crippen molar-refractivity contribution in [1.82, 2.24) is 5.32 Å². The van der Waals surface area contributed by atoms with Crippen molar-refractivity contribution in [2.24, 2.45) is 5.11 Å². The summed E-state index contributed by atoms with van der Waals surface area (Å²) in [5.41, 5.74) is 8.85. The summed E-state index contributed by atoms with van der Waals surface area (Å²) in [6, 6.07) is 7.38. The maximum Gasteiger partial charge on any atom is 0.407 e. The van der Waals surface area contributed by atoms with Gasteiger partial charge in [-0.1, -0.05) is 35.4 Å². The molecule has 2 atom stereocenters. The average molecular weight is 307 g/mol. The standard InChI is InChI=1S/C13H16N4O5/c14-17-15-7-10(18)6-11(12(19)20)16-13(21)22-8-9-4-2-1-3-5-9/h1-5,10-11,18H,6-8H2,(H,16,21)(H,19,20)/p-1/t10-,11-/m0/s1. The highest BCUT2D eigenvalue weighted by Gasteiger charge is 2.18. The van der Waals surface area contributed by atoms with Gasteiger partial charge in [-0.3, -0.25) is 0 Å². The quantitative estimate of drug-likeness (QED) is 0.397. The molecule has 118 valence electrons. The van der Waals surface area contributed by atoms with Crippen LogP contribution < -0.4 is 10.4 Å². The highest BCUT2D eigenvalue weighted by atomic mass is 16.5. The number of ether oxygens (including phenoxy) is 1. The minimum Gasteiger partial charge on any atom is -0.548 e. The number of aliphatic hydroxyl groups excluding tert-OH is 1. The van der Waals surface area contributed by atoms with Crippen LogP contribution in [0.1, 0.15) is 12.0 Å². The Morgan fingerprint density at radius 3 is 2.68 bits per heavy atom. The lowest BCUT2D eigenvalue weighted by molar-refractivity contribution is -0.308. The zero-order chi connectivity index (χ0) is 16.4. The van der Waals surface area contributed by atoms with E-state index >= 15 is 0 Å². The number of carboxylic acid groups (broad SMARTS) is 1. The Hall–Kier alpha value is -2.77. The first-order valence-corrected chi connectivity index (χ1v) is 6.40. The minimum atomic E-state index is -1.57. The van der Waals surface area contributed by atoms with Gasteiger partial charge >= 0.3 is 6.09 Å². The molecule has 0 fully saturated rings. The number of benzene rings is 1. The third-order valence-corrected chi connectivity index (χ3v) is 2.65. The van der Waals surface area contributed by atoms with Gasteiger partial charge in [0.15, 0.2) is 0 Å². The normalized spacial score (nSPS) is 12.6. The molecule has 0 saturated carbocycles. The molecule has 0 bridgehead atoms. The van der Waals surface area contributed by atoms with Crippen molar-refractivity contribution >= 4 is 12.1 Å². The number of nitrogens with zero attached hydrogens (tertiary/aromatic N) is 3. The van der Waals surface area contributed by atoms with Crippen molar-refractivity contribution in [2.45, 2.75) is 25.2 Å². The van der Waals surface area contributed by atoms with E-state index in [2.05, 4.69) is 15.3 Å². The second-order valence-electron chi connectivity index (χ2n) is 4.38. The fraction of sp³-hybridized carbons (Fsp3) is 0.385. The lowest BCUT2D eigenvalue weighted by Crippen LogP contribution is -2.49. The number of carbonyl (C=O) groups is 2. The van der Waals surface area contributed by atoms with Crippen molar-refractivity contribution < 1.29 is 24.5 Å². The summed E-state index contributed by atoms with van der Waals surface area (Å²) in [7, 11) is 0. The Balaban J connectivity index is 2.46. The predicted octanol–water partition coefficient (Wildman–Crippen LogP) is 0.0926. The minimum absolute atomic E-state index is 0.0201. The molecule has 0 heterocycles. The Labute approximate surface area is 126 Å². The molecule has 1 aromatic rings. The van der Waals surface area contributed by atoms with Crippen LogP contribution in [0.25, 0.3) is 10.4 Å². The number of nitrogens with one attached hydrogen (secondary N) is 1. The molecule has 0 aliphatic carbocycles. The molecule has 0 radical (unpaired) electrons. The molecule has 22 heavy (non-hydrogen) atoms. The Bertz CT molecular complexity index is 545. The predicted molar refractivity (Wildman–Crippen MR) is 73.2 cm³/mol. The van der Waals surface area contributed by atoms with Crippen LogP contribution in [0.3, 0.4) is 0 Å². The average Bonchev–Trinajstić information content (AvgIpc) is 2.51. The number of aliphatic carboxylic acids is 1. The number of carbonyl (C=O) groups excluding carboxylic acids is 2. The van der Waals surface area contributed by atoms with Crippen LogP contribution in [0.15, 0.2) is 35.4 Å². The van der Waals surface area contributed by atoms with Gasteiger partial charge in [0.05, 0.1) is 24.7 Å². The van der Waals surface area contributed by atoms with Crippen LogP contribution in [0.4, 0.5) is 4.79 Å². The first-order valence-electron chi connectivity index (χ1n) is 6.40. The van der Waals surface area contributed by atoms with E-state index in [-0.39, 0.29) is 19.6 Å². The van der Waals surface area contributed by atoms with Crippen LogP contribution >= 0.6 is 0 Å². The summed E-state index contributed by atoms with van der Waals surface area (Å²) < 4.78 is 4.87. The largest absolute Gasteiger partial charge is 0.548 e. The molecular formula is C13H15N4O5-. The number of carboxylic acids is 1. The molecule has 1 aromatic carbocycles. The van der Waals surface area contributed by atoms with Gasteiger partial charge in [-0.25, -0.2) is 4.79 Å². The molecule has 1 rings (SSSR count). The smallest absolute Gasteiger partial charge is 0.407 e. The van der Waals surface area contributed by atoms with Gasteiger partial charge in [-0.05, 0) is 17.5 Å². The zero-order valence-corrected chi connectivity index (χ0v) is 11.6. The maximum atomic E-state index is 11.5. The van der Waals surface area contributed by atoms with Gasteiger partial charge in [-0.15, -0.1) is 0 Å². The van der Waals surface area contributed by atoms with Crippen molar-refractivity contribution in [3.8, 4) is 0 Å². The summed E-state index contributed by atoms with van der Waals surface area (Å²) in [5, 5.41) is 25.6. The summed E-state index contributed by atoms with van der Waals surface area (Å²) in [5.74, 6) is -1.57. The molecule has 0 aliphatic rings. The van der Waals surface area contributed by atoms with Gasteiger partial charge in [-0.2, -0.15) is 0 Å². The molecule has 9 nitrogen and oxygen atoms in total. The highest BCUT2D eigenvalue weighted by molar-refractivity contribution is 5.78. The highest BCUT2D eigenvalue weighted by Crippen LogP contribution is 2.03. The fourth-order valence-electron chi connectivity index (χ4n) is 1.60. The number of hydrogen-bond acceptors (Lipinski definition) is 6. The summed E-state index contributed by atoms with van der Waals surface area (Å²) >= 11 is 0. The van der Waals surface area contributed by atoms with E-state index in [9.17, 15) is 19.8 Å². The molecular weight excluding hydrogens is 292 g/mol.